The van der Waals surface area contributed by atoms with Crippen LogP contribution in [-0.2, 0) is 14.9 Å². The van der Waals surface area contributed by atoms with E-state index in [9.17, 15) is 13.2 Å². The van der Waals surface area contributed by atoms with Crippen molar-refractivity contribution in [1.82, 2.24) is 5.32 Å². The third-order valence-corrected chi connectivity index (χ3v) is 3.76. The summed E-state index contributed by atoms with van der Waals surface area (Å²) in [5.41, 5.74) is 0.221. The minimum absolute atomic E-state index is 0.0902. The average molecular weight is 337 g/mol. The highest BCUT2D eigenvalue weighted by Gasteiger charge is 2.11. The van der Waals surface area contributed by atoms with Crippen LogP contribution in [0.4, 0.5) is 5.69 Å². The lowest BCUT2D eigenvalue weighted by Crippen LogP contribution is -2.17. The molecule has 0 atom stereocenters. The zero-order valence-corrected chi connectivity index (χ0v) is 13.7. The van der Waals surface area contributed by atoms with Crippen LogP contribution in [0.1, 0.15) is 20.3 Å². The molecule has 124 valence electrons. The highest BCUT2D eigenvalue weighted by atomic mass is 32.2. The first-order valence-corrected chi connectivity index (χ1v) is 8.40. The Hall–Kier alpha value is -2.37. The van der Waals surface area contributed by atoms with Crippen molar-refractivity contribution in [2.45, 2.75) is 25.2 Å². The number of carbonyl (C=O) groups excluding carboxylic acids is 1. The van der Waals surface area contributed by atoms with Crippen molar-refractivity contribution < 1.29 is 17.8 Å². The van der Waals surface area contributed by atoms with Crippen LogP contribution in [0, 0.1) is 17.2 Å². The second-order valence-corrected chi connectivity index (χ2v) is 6.68. The predicted octanol–water partition coefficient (Wildman–Crippen LogP) is 1.91. The Bertz CT molecular complexity index is 716. The number of rotatable bonds is 7. The Morgan fingerprint density at radius 2 is 1.96 bits per heavy atom. The van der Waals surface area contributed by atoms with E-state index < -0.39 is 16.0 Å². The molecule has 1 aromatic carbocycles. The molecule has 0 aliphatic carbocycles. The molecule has 0 radical (unpaired) electrons. The third kappa shape index (κ3) is 6.50. The van der Waals surface area contributed by atoms with Crippen LogP contribution >= 0.6 is 0 Å². The van der Waals surface area contributed by atoms with Gasteiger partial charge in [0.25, 0.3) is 16.0 Å². The normalized spacial score (nSPS) is 11.9. The maximum Gasteiger partial charge on any atom is 0.294 e. The fourth-order valence-electron chi connectivity index (χ4n) is 1.60. The zero-order chi connectivity index (χ0) is 17.5. The van der Waals surface area contributed by atoms with Crippen molar-refractivity contribution in [3.63, 3.8) is 0 Å². The van der Waals surface area contributed by atoms with Crippen molar-refractivity contribution in [2.75, 3.05) is 11.9 Å². The summed E-state index contributed by atoms with van der Waals surface area (Å²) in [5.74, 6) is -0.0965. The Morgan fingerprint density at radius 1 is 1.35 bits per heavy atom. The minimum atomic E-state index is -4.28. The van der Waals surface area contributed by atoms with Gasteiger partial charge in [-0.3, -0.25) is 9.35 Å². The molecule has 1 amide bonds. The van der Waals surface area contributed by atoms with Gasteiger partial charge in [-0.1, -0.05) is 13.8 Å². The Morgan fingerprint density at radius 3 is 2.43 bits per heavy atom. The summed E-state index contributed by atoms with van der Waals surface area (Å²) >= 11 is 0. The summed E-state index contributed by atoms with van der Waals surface area (Å²) in [6.07, 6.45) is 2.26. The predicted molar refractivity (Wildman–Crippen MR) is 86.0 cm³/mol. The van der Waals surface area contributed by atoms with E-state index in [1.54, 1.807) is 6.07 Å². The first-order valence-electron chi connectivity index (χ1n) is 6.96. The number of nitrogens with zero attached hydrogens (tertiary/aromatic N) is 1. The van der Waals surface area contributed by atoms with Gasteiger partial charge in [-0.25, -0.2) is 0 Å². The summed E-state index contributed by atoms with van der Waals surface area (Å²) in [7, 11) is -4.28. The van der Waals surface area contributed by atoms with Crippen molar-refractivity contribution in [3.05, 3.63) is 36.0 Å². The first-order chi connectivity index (χ1) is 10.7. The Kier molecular flexibility index (Phi) is 6.75. The topological polar surface area (TPSA) is 119 Å². The van der Waals surface area contributed by atoms with E-state index in [2.05, 4.69) is 24.5 Å². The number of hydrogen-bond donors (Lipinski definition) is 3. The number of nitriles is 1. The standard InChI is InChI=1S/C15H19N3O4S/c1-11(2)7-8-17-10-12(9-16)15(19)18-13-3-5-14(6-4-13)23(20,21)22/h3-6,10-11,17H,7-8H2,1-2H3,(H,18,19)(H,20,21,22)/b12-10-. The molecule has 0 spiro atoms. The molecule has 0 saturated heterocycles. The Balaban J connectivity index is 2.70. The minimum Gasteiger partial charge on any atom is -0.390 e. The molecule has 0 aliphatic heterocycles. The average Bonchev–Trinajstić information content (AvgIpc) is 2.46. The van der Waals surface area contributed by atoms with E-state index in [1.807, 2.05) is 0 Å². The maximum absolute atomic E-state index is 11.9. The highest BCUT2D eigenvalue weighted by molar-refractivity contribution is 7.85. The van der Waals surface area contributed by atoms with E-state index in [-0.39, 0.29) is 10.5 Å². The van der Waals surface area contributed by atoms with Crippen molar-refractivity contribution >= 4 is 21.7 Å². The second-order valence-electron chi connectivity index (χ2n) is 5.26. The molecule has 0 aromatic heterocycles. The van der Waals surface area contributed by atoms with Crippen molar-refractivity contribution in [1.29, 1.82) is 5.26 Å². The van der Waals surface area contributed by atoms with Crippen LogP contribution in [0.15, 0.2) is 40.9 Å². The molecule has 7 nitrogen and oxygen atoms in total. The maximum atomic E-state index is 11.9. The van der Waals surface area contributed by atoms with Crippen LogP contribution < -0.4 is 10.6 Å². The van der Waals surface area contributed by atoms with Gasteiger partial charge in [0.15, 0.2) is 0 Å². The molecule has 0 heterocycles. The third-order valence-electron chi connectivity index (χ3n) is 2.89. The van der Waals surface area contributed by atoms with Crippen LogP contribution in [0.5, 0.6) is 0 Å². The smallest absolute Gasteiger partial charge is 0.294 e. The van der Waals surface area contributed by atoms with E-state index >= 15 is 0 Å². The van der Waals surface area contributed by atoms with Gasteiger partial charge < -0.3 is 10.6 Å². The lowest BCUT2D eigenvalue weighted by atomic mass is 10.1. The number of anilines is 1. The quantitative estimate of drug-likeness (QED) is 0.303. The summed E-state index contributed by atoms with van der Waals surface area (Å²) in [4.78, 5) is 11.7. The molecule has 0 bridgehead atoms. The number of amides is 1. The monoisotopic (exact) mass is 337 g/mol. The van der Waals surface area contributed by atoms with Gasteiger partial charge >= 0.3 is 0 Å². The van der Waals surface area contributed by atoms with E-state index in [0.717, 1.165) is 18.6 Å². The van der Waals surface area contributed by atoms with Gasteiger partial charge in [0.1, 0.15) is 11.6 Å². The number of carbonyl (C=O) groups is 1. The van der Waals surface area contributed by atoms with E-state index in [4.69, 9.17) is 9.81 Å². The van der Waals surface area contributed by atoms with Gasteiger partial charge in [-0.15, -0.1) is 0 Å². The lowest BCUT2D eigenvalue weighted by Gasteiger charge is -2.06. The zero-order valence-electron chi connectivity index (χ0n) is 12.9. The van der Waals surface area contributed by atoms with Crippen LogP contribution in [-0.4, -0.2) is 25.4 Å². The lowest BCUT2D eigenvalue weighted by molar-refractivity contribution is -0.112. The molecule has 0 saturated carbocycles. The number of nitrogens with one attached hydrogen (secondary N) is 2. The fraction of sp³-hybridized carbons (Fsp3) is 0.333. The largest absolute Gasteiger partial charge is 0.390 e. The molecule has 1 rings (SSSR count). The van der Waals surface area contributed by atoms with Gasteiger partial charge in [0.2, 0.25) is 0 Å². The van der Waals surface area contributed by atoms with Crippen LogP contribution in [0.2, 0.25) is 0 Å². The molecule has 1 aromatic rings. The van der Waals surface area contributed by atoms with Gasteiger partial charge in [0, 0.05) is 18.4 Å². The molecular formula is C15H19N3O4S. The molecule has 0 aliphatic rings. The molecule has 23 heavy (non-hydrogen) atoms. The second kappa shape index (κ2) is 8.31. The van der Waals surface area contributed by atoms with Crippen LogP contribution in [0.25, 0.3) is 0 Å². The highest BCUT2D eigenvalue weighted by Crippen LogP contribution is 2.14. The first kappa shape index (κ1) is 18.7. The summed E-state index contributed by atoms with van der Waals surface area (Å²) in [5, 5.41) is 14.4. The number of hydrogen-bond acceptors (Lipinski definition) is 5. The Labute approximate surface area is 135 Å². The molecular weight excluding hydrogens is 318 g/mol. The fourth-order valence-corrected chi connectivity index (χ4v) is 2.08. The summed E-state index contributed by atoms with van der Waals surface area (Å²) in [6.45, 7) is 4.79. The number of benzene rings is 1. The van der Waals surface area contributed by atoms with E-state index in [1.165, 1.54) is 18.3 Å². The van der Waals surface area contributed by atoms with Crippen molar-refractivity contribution in [2.24, 2.45) is 5.92 Å². The molecule has 8 heteroatoms. The molecule has 0 unspecified atom stereocenters. The van der Waals surface area contributed by atoms with Crippen molar-refractivity contribution in [3.8, 4) is 6.07 Å². The van der Waals surface area contributed by atoms with Gasteiger partial charge in [-0.05, 0) is 36.6 Å². The van der Waals surface area contributed by atoms with Crippen LogP contribution in [0.3, 0.4) is 0 Å². The van der Waals surface area contributed by atoms with Gasteiger partial charge in [0.05, 0.1) is 4.90 Å². The van der Waals surface area contributed by atoms with Gasteiger partial charge in [-0.2, -0.15) is 13.7 Å². The molecule has 3 N–H and O–H groups in total. The summed E-state index contributed by atoms with van der Waals surface area (Å²) in [6, 6.07) is 6.75. The SMILES string of the molecule is CC(C)CCN/C=C(/C#N)C(=O)Nc1ccc(S(=O)(=O)O)cc1. The summed E-state index contributed by atoms with van der Waals surface area (Å²) < 4.78 is 30.7. The van der Waals surface area contributed by atoms with E-state index in [0.29, 0.717) is 18.2 Å². The molecule has 0 fully saturated rings.